The molecular weight excluding hydrogens is 224 g/mol. The van der Waals surface area contributed by atoms with E-state index in [9.17, 15) is 4.79 Å². The maximum Gasteiger partial charge on any atom is 0.227 e. The van der Waals surface area contributed by atoms with E-state index in [0.717, 1.165) is 25.1 Å². The Labute approximate surface area is 108 Å². The van der Waals surface area contributed by atoms with Gasteiger partial charge in [0.1, 0.15) is 0 Å². The number of hydrogen-bond donors (Lipinski definition) is 1. The number of carbonyl (C=O) groups is 1. The quantitative estimate of drug-likeness (QED) is 0.853. The van der Waals surface area contributed by atoms with E-state index in [1.54, 1.807) is 0 Å². The van der Waals surface area contributed by atoms with Gasteiger partial charge in [-0.15, -0.1) is 0 Å². The highest BCUT2D eigenvalue weighted by atomic mass is 16.2. The molecule has 3 heteroatoms. The fraction of sp³-hybridized carbons (Fsp3) is 0.533. The van der Waals surface area contributed by atoms with Crippen LogP contribution in [0.15, 0.2) is 30.3 Å². The first-order chi connectivity index (χ1) is 8.75. The summed E-state index contributed by atoms with van der Waals surface area (Å²) in [4.78, 5) is 14.6. The molecule has 0 saturated carbocycles. The summed E-state index contributed by atoms with van der Waals surface area (Å²) >= 11 is 0. The highest BCUT2D eigenvalue weighted by Crippen LogP contribution is 2.32. The summed E-state index contributed by atoms with van der Waals surface area (Å²) in [5, 5.41) is 3.40. The Morgan fingerprint density at radius 1 is 1.33 bits per heavy atom. The van der Waals surface area contributed by atoms with Gasteiger partial charge < -0.3 is 10.2 Å². The molecular formula is C15H20N2O. The molecule has 0 aliphatic carbocycles. The van der Waals surface area contributed by atoms with Crippen LogP contribution < -0.4 is 5.32 Å². The van der Waals surface area contributed by atoms with Gasteiger partial charge in [0.15, 0.2) is 0 Å². The standard InChI is InChI=1S/C15H20N2O/c1-11-7-13-9-16-10-14(13)17(11)15(18)8-12-5-3-2-4-6-12/h2-6,11,13-14,16H,7-10H2,1H3. The van der Waals surface area contributed by atoms with E-state index in [4.69, 9.17) is 0 Å². The number of carbonyl (C=O) groups excluding carboxylic acids is 1. The predicted molar refractivity (Wildman–Crippen MR) is 71.2 cm³/mol. The average Bonchev–Trinajstić information content (AvgIpc) is 2.89. The van der Waals surface area contributed by atoms with Crippen molar-refractivity contribution in [1.82, 2.24) is 10.2 Å². The number of rotatable bonds is 2. The van der Waals surface area contributed by atoms with E-state index in [-0.39, 0.29) is 5.91 Å². The average molecular weight is 244 g/mol. The van der Waals surface area contributed by atoms with Crippen molar-refractivity contribution in [3.05, 3.63) is 35.9 Å². The Morgan fingerprint density at radius 2 is 2.11 bits per heavy atom. The maximum atomic E-state index is 12.5. The molecule has 96 valence electrons. The molecule has 2 aliphatic rings. The molecule has 1 N–H and O–H groups in total. The van der Waals surface area contributed by atoms with Crippen LogP contribution >= 0.6 is 0 Å². The Morgan fingerprint density at radius 3 is 2.89 bits per heavy atom. The maximum absolute atomic E-state index is 12.5. The largest absolute Gasteiger partial charge is 0.335 e. The normalized spacial score (nSPS) is 30.5. The number of fused-ring (bicyclic) bond motifs is 1. The number of nitrogens with one attached hydrogen (secondary N) is 1. The SMILES string of the molecule is CC1CC2CNCC2N1C(=O)Cc1ccccc1. The molecule has 3 unspecified atom stereocenters. The van der Waals surface area contributed by atoms with Crippen LogP contribution in [-0.2, 0) is 11.2 Å². The van der Waals surface area contributed by atoms with Crippen molar-refractivity contribution in [3.63, 3.8) is 0 Å². The van der Waals surface area contributed by atoms with Crippen LogP contribution in [0.3, 0.4) is 0 Å². The molecule has 1 aromatic rings. The van der Waals surface area contributed by atoms with Crippen LogP contribution in [0.5, 0.6) is 0 Å². The minimum Gasteiger partial charge on any atom is -0.335 e. The van der Waals surface area contributed by atoms with Crippen molar-refractivity contribution in [2.45, 2.75) is 31.8 Å². The Kier molecular flexibility index (Phi) is 3.08. The van der Waals surface area contributed by atoms with Crippen LogP contribution in [0.4, 0.5) is 0 Å². The van der Waals surface area contributed by atoms with Crippen molar-refractivity contribution in [1.29, 1.82) is 0 Å². The van der Waals surface area contributed by atoms with Crippen molar-refractivity contribution in [3.8, 4) is 0 Å². The van der Waals surface area contributed by atoms with Crippen molar-refractivity contribution in [2.75, 3.05) is 13.1 Å². The molecule has 1 aromatic carbocycles. The number of likely N-dealkylation sites (tertiary alicyclic amines) is 1. The first-order valence-electron chi connectivity index (χ1n) is 6.81. The monoisotopic (exact) mass is 244 g/mol. The summed E-state index contributed by atoms with van der Waals surface area (Å²) in [6.45, 7) is 4.22. The second-order valence-corrected chi connectivity index (χ2v) is 5.53. The number of nitrogens with zero attached hydrogens (tertiary/aromatic N) is 1. The third-order valence-corrected chi connectivity index (χ3v) is 4.27. The van der Waals surface area contributed by atoms with Gasteiger partial charge in [0.25, 0.3) is 0 Å². The summed E-state index contributed by atoms with van der Waals surface area (Å²) in [7, 11) is 0. The van der Waals surface area contributed by atoms with Crippen LogP contribution in [0.2, 0.25) is 0 Å². The fourth-order valence-corrected chi connectivity index (χ4v) is 3.46. The van der Waals surface area contributed by atoms with Gasteiger partial charge in [-0.3, -0.25) is 4.79 Å². The number of hydrogen-bond acceptors (Lipinski definition) is 2. The van der Waals surface area contributed by atoms with Gasteiger partial charge in [-0.05, 0) is 24.8 Å². The molecule has 3 atom stereocenters. The van der Waals surface area contributed by atoms with Gasteiger partial charge in [0.05, 0.1) is 6.42 Å². The lowest BCUT2D eigenvalue weighted by molar-refractivity contribution is -0.133. The van der Waals surface area contributed by atoms with Crippen molar-refractivity contribution in [2.24, 2.45) is 5.92 Å². The molecule has 2 heterocycles. The zero-order valence-corrected chi connectivity index (χ0v) is 10.8. The van der Waals surface area contributed by atoms with Crippen molar-refractivity contribution >= 4 is 5.91 Å². The summed E-state index contributed by atoms with van der Waals surface area (Å²) in [5.41, 5.74) is 1.11. The molecule has 2 saturated heterocycles. The van der Waals surface area contributed by atoms with E-state index in [1.165, 1.54) is 0 Å². The molecule has 2 fully saturated rings. The first-order valence-corrected chi connectivity index (χ1v) is 6.81. The summed E-state index contributed by atoms with van der Waals surface area (Å²) < 4.78 is 0. The minimum atomic E-state index is 0.282. The lowest BCUT2D eigenvalue weighted by Gasteiger charge is -2.27. The van der Waals surface area contributed by atoms with Crippen LogP contribution in [0, 0.1) is 5.92 Å². The fourth-order valence-electron chi connectivity index (χ4n) is 3.46. The van der Waals surface area contributed by atoms with Gasteiger partial charge in [-0.1, -0.05) is 30.3 Å². The zero-order chi connectivity index (χ0) is 12.5. The van der Waals surface area contributed by atoms with Crippen LogP contribution in [-0.4, -0.2) is 36.0 Å². The van der Waals surface area contributed by atoms with E-state index in [2.05, 4.69) is 17.1 Å². The van der Waals surface area contributed by atoms with Gasteiger partial charge in [0, 0.05) is 25.2 Å². The molecule has 0 aromatic heterocycles. The topological polar surface area (TPSA) is 32.3 Å². The van der Waals surface area contributed by atoms with E-state index >= 15 is 0 Å². The third kappa shape index (κ3) is 2.03. The third-order valence-electron chi connectivity index (χ3n) is 4.27. The second kappa shape index (κ2) is 4.73. The summed E-state index contributed by atoms with van der Waals surface area (Å²) in [6.07, 6.45) is 1.69. The molecule has 0 spiro atoms. The Balaban J connectivity index is 1.72. The predicted octanol–water partition coefficient (Wildman–Crippen LogP) is 1.44. The molecule has 18 heavy (non-hydrogen) atoms. The smallest absolute Gasteiger partial charge is 0.227 e. The lowest BCUT2D eigenvalue weighted by atomic mass is 10.0. The molecule has 2 aliphatic heterocycles. The Bertz CT molecular complexity index is 431. The second-order valence-electron chi connectivity index (χ2n) is 5.53. The lowest BCUT2D eigenvalue weighted by Crippen LogP contribution is -2.43. The molecule has 3 nitrogen and oxygen atoms in total. The molecule has 0 radical (unpaired) electrons. The summed E-state index contributed by atoms with van der Waals surface area (Å²) in [6, 6.07) is 10.9. The van der Waals surface area contributed by atoms with E-state index in [1.807, 2.05) is 30.3 Å². The van der Waals surface area contributed by atoms with Crippen LogP contribution in [0.25, 0.3) is 0 Å². The van der Waals surface area contributed by atoms with Crippen LogP contribution in [0.1, 0.15) is 18.9 Å². The molecule has 3 rings (SSSR count). The molecule has 1 amide bonds. The minimum absolute atomic E-state index is 0.282. The van der Waals surface area contributed by atoms with Gasteiger partial charge in [0.2, 0.25) is 5.91 Å². The summed E-state index contributed by atoms with van der Waals surface area (Å²) in [5.74, 6) is 0.949. The van der Waals surface area contributed by atoms with Gasteiger partial charge >= 0.3 is 0 Å². The zero-order valence-electron chi connectivity index (χ0n) is 10.8. The molecule has 0 bridgehead atoms. The Hall–Kier alpha value is -1.35. The van der Waals surface area contributed by atoms with E-state index in [0.29, 0.717) is 24.4 Å². The first kappa shape index (κ1) is 11.7. The van der Waals surface area contributed by atoms with E-state index < -0.39 is 0 Å². The van der Waals surface area contributed by atoms with Gasteiger partial charge in [-0.2, -0.15) is 0 Å². The highest BCUT2D eigenvalue weighted by molar-refractivity contribution is 5.79. The van der Waals surface area contributed by atoms with Crippen molar-refractivity contribution < 1.29 is 4.79 Å². The number of benzene rings is 1. The number of amides is 1. The van der Waals surface area contributed by atoms with Gasteiger partial charge in [-0.25, -0.2) is 0 Å². The highest BCUT2D eigenvalue weighted by Gasteiger charge is 2.43.